The van der Waals surface area contributed by atoms with E-state index in [0.717, 1.165) is 25.1 Å². The van der Waals surface area contributed by atoms with E-state index in [0.29, 0.717) is 24.4 Å². The number of piperidine rings is 1. The predicted molar refractivity (Wildman–Crippen MR) is 88.5 cm³/mol. The molecule has 2 heterocycles. The Morgan fingerprint density at radius 2 is 2.13 bits per heavy atom. The molecule has 2 atom stereocenters. The SMILES string of the molecule is CC1CNCCC1NC(=O)c1cc2c(cc1F)NC(=O)CC2.Cl. The standard InChI is InChI=1S/C16H20FN3O2.ClH/c1-9-8-18-5-4-13(9)20-16(22)11-6-10-2-3-15(21)19-14(10)7-12(11)17;/h6-7,9,13,18H,2-5,8H2,1H3,(H,19,21)(H,20,22);1H. The van der Waals surface area contributed by atoms with E-state index in [-0.39, 0.29) is 35.8 Å². The lowest BCUT2D eigenvalue weighted by Gasteiger charge is -2.30. The van der Waals surface area contributed by atoms with Gasteiger partial charge >= 0.3 is 0 Å². The van der Waals surface area contributed by atoms with Crippen LogP contribution in [0.2, 0.25) is 0 Å². The fourth-order valence-corrected chi connectivity index (χ4v) is 3.05. The maximum Gasteiger partial charge on any atom is 0.254 e. The highest BCUT2D eigenvalue weighted by Gasteiger charge is 2.25. The van der Waals surface area contributed by atoms with Crippen LogP contribution in [0.15, 0.2) is 12.1 Å². The zero-order valence-electron chi connectivity index (χ0n) is 12.9. The number of hydrogen-bond donors (Lipinski definition) is 3. The third-order valence-electron chi connectivity index (χ3n) is 4.43. The Morgan fingerprint density at radius 1 is 1.35 bits per heavy atom. The van der Waals surface area contributed by atoms with Crippen LogP contribution in [0, 0.1) is 11.7 Å². The lowest BCUT2D eigenvalue weighted by molar-refractivity contribution is -0.116. The van der Waals surface area contributed by atoms with Crippen molar-refractivity contribution in [2.45, 2.75) is 32.2 Å². The molecule has 0 saturated carbocycles. The first-order valence-electron chi connectivity index (χ1n) is 7.68. The highest BCUT2D eigenvalue weighted by molar-refractivity contribution is 5.98. The van der Waals surface area contributed by atoms with Crippen molar-refractivity contribution in [3.63, 3.8) is 0 Å². The van der Waals surface area contributed by atoms with Crippen molar-refractivity contribution < 1.29 is 14.0 Å². The second-order valence-electron chi connectivity index (χ2n) is 6.09. The van der Waals surface area contributed by atoms with E-state index in [1.54, 1.807) is 6.07 Å². The van der Waals surface area contributed by atoms with Crippen LogP contribution < -0.4 is 16.0 Å². The Hall–Kier alpha value is -1.66. The third-order valence-corrected chi connectivity index (χ3v) is 4.43. The van der Waals surface area contributed by atoms with Crippen LogP contribution in [-0.4, -0.2) is 30.9 Å². The van der Waals surface area contributed by atoms with Crippen LogP contribution in [0.25, 0.3) is 0 Å². The highest BCUT2D eigenvalue weighted by atomic mass is 35.5. The zero-order chi connectivity index (χ0) is 15.7. The number of aryl methyl sites for hydroxylation is 1. The van der Waals surface area contributed by atoms with Gasteiger partial charge in [0.1, 0.15) is 5.82 Å². The van der Waals surface area contributed by atoms with Gasteiger partial charge in [-0.05, 0) is 49.5 Å². The molecule has 5 nitrogen and oxygen atoms in total. The Labute approximate surface area is 140 Å². The minimum absolute atomic E-state index is 0. The summed E-state index contributed by atoms with van der Waals surface area (Å²) in [5.74, 6) is -0.777. The summed E-state index contributed by atoms with van der Waals surface area (Å²) in [4.78, 5) is 23.7. The highest BCUT2D eigenvalue weighted by Crippen LogP contribution is 2.26. The first-order chi connectivity index (χ1) is 10.5. The number of hydrogen-bond acceptors (Lipinski definition) is 3. The first-order valence-corrected chi connectivity index (χ1v) is 7.68. The number of fused-ring (bicyclic) bond motifs is 1. The van der Waals surface area contributed by atoms with Crippen LogP contribution in [0.3, 0.4) is 0 Å². The number of carbonyl (C=O) groups is 2. The van der Waals surface area contributed by atoms with Crippen LogP contribution >= 0.6 is 12.4 Å². The fraction of sp³-hybridized carbons (Fsp3) is 0.500. The van der Waals surface area contributed by atoms with Gasteiger partial charge in [0.05, 0.1) is 5.56 Å². The smallest absolute Gasteiger partial charge is 0.254 e. The molecule has 1 aromatic carbocycles. The normalized spacial score (nSPS) is 23.3. The molecule has 0 radical (unpaired) electrons. The molecule has 0 aromatic heterocycles. The fourth-order valence-electron chi connectivity index (χ4n) is 3.05. The molecule has 3 rings (SSSR count). The maximum absolute atomic E-state index is 14.2. The van der Waals surface area contributed by atoms with Gasteiger partial charge in [-0.15, -0.1) is 12.4 Å². The van der Waals surface area contributed by atoms with Gasteiger partial charge in [0.2, 0.25) is 5.91 Å². The van der Waals surface area contributed by atoms with Crippen molar-refractivity contribution >= 4 is 29.9 Å². The maximum atomic E-state index is 14.2. The molecule has 1 saturated heterocycles. The molecule has 2 aliphatic heterocycles. The van der Waals surface area contributed by atoms with Crippen molar-refractivity contribution in [3.8, 4) is 0 Å². The molecular formula is C16H21ClFN3O2. The van der Waals surface area contributed by atoms with Gasteiger partial charge in [0, 0.05) is 18.2 Å². The number of rotatable bonds is 2. The van der Waals surface area contributed by atoms with Gasteiger partial charge in [0.15, 0.2) is 0 Å². The lowest BCUT2D eigenvalue weighted by atomic mass is 9.94. The van der Waals surface area contributed by atoms with Gasteiger partial charge in [-0.25, -0.2) is 4.39 Å². The van der Waals surface area contributed by atoms with Crippen molar-refractivity contribution in [1.29, 1.82) is 0 Å². The molecule has 7 heteroatoms. The monoisotopic (exact) mass is 341 g/mol. The summed E-state index contributed by atoms with van der Waals surface area (Å²) in [5.41, 5.74) is 1.34. The second kappa shape index (κ2) is 7.27. The number of amides is 2. The van der Waals surface area contributed by atoms with Crippen LogP contribution in [0.1, 0.15) is 35.7 Å². The van der Waals surface area contributed by atoms with Gasteiger partial charge < -0.3 is 16.0 Å². The van der Waals surface area contributed by atoms with E-state index in [4.69, 9.17) is 0 Å². The molecule has 3 N–H and O–H groups in total. The number of nitrogens with one attached hydrogen (secondary N) is 3. The predicted octanol–water partition coefficient (Wildman–Crippen LogP) is 1.86. The minimum Gasteiger partial charge on any atom is -0.349 e. The quantitative estimate of drug-likeness (QED) is 0.769. The van der Waals surface area contributed by atoms with Crippen LogP contribution in [-0.2, 0) is 11.2 Å². The lowest BCUT2D eigenvalue weighted by Crippen LogP contribution is -2.48. The summed E-state index contributed by atoms with van der Waals surface area (Å²) in [5, 5.41) is 8.84. The van der Waals surface area contributed by atoms with E-state index < -0.39 is 5.82 Å². The topological polar surface area (TPSA) is 70.2 Å². The summed E-state index contributed by atoms with van der Waals surface area (Å²) in [6, 6.07) is 2.86. The van der Waals surface area contributed by atoms with Crippen molar-refractivity contribution in [2.24, 2.45) is 5.92 Å². The average molecular weight is 342 g/mol. The number of benzene rings is 1. The molecule has 23 heavy (non-hydrogen) atoms. The summed E-state index contributed by atoms with van der Waals surface area (Å²) in [6.45, 7) is 3.77. The summed E-state index contributed by atoms with van der Waals surface area (Å²) in [7, 11) is 0. The molecule has 1 aromatic rings. The van der Waals surface area contributed by atoms with Crippen molar-refractivity contribution in [1.82, 2.24) is 10.6 Å². The van der Waals surface area contributed by atoms with Gasteiger partial charge in [-0.3, -0.25) is 9.59 Å². The van der Waals surface area contributed by atoms with E-state index >= 15 is 0 Å². The second-order valence-corrected chi connectivity index (χ2v) is 6.09. The molecule has 0 bridgehead atoms. The van der Waals surface area contributed by atoms with Crippen molar-refractivity contribution in [2.75, 3.05) is 18.4 Å². The zero-order valence-corrected chi connectivity index (χ0v) is 13.8. The Kier molecular flexibility index (Phi) is 5.59. The summed E-state index contributed by atoms with van der Waals surface area (Å²) < 4.78 is 14.2. The Bertz CT molecular complexity index is 624. The van der Waals surface area contributed by atoms with E-state index in [1.807, 2.05) is 0 Å². The number of anilines is 1. The van der Waals surface area contributed by atoms with E-state index in [9.17, 15) is 14.0 Å². The molecule has 2 aliphatic rings. The number of carbonyl (C=O) groups excluding carboxylic acids is 2. The van der Waals surface area contributed by atoms with Gasteiger partial charge in [-0.2, -0.15) is 0 Å². The van der Waals surface area contributed by atoms with E-state index in [2.05, 4.69) is 22.9 Å². The Balaban J connectivity index is 0.00000192. The molecule has 0 spiro atoms. The molecule has 1 fully saturated rings. The summed E-state index contributed by atoms with van der Waals surface area (Å²) >= 11 is 0. The Morgan fingerprint density at radius 3 is 2.87 bits per heavy atom. The van der Waals surface area contributed by atoms with Gasteiger partial charge in [0.25, 0.3) is 5.91 Å². The molecule has 126 valence electrons. The average Bonchev–Trinajstić information content (AvgIpc) is 2.48. The van der Waals surface area contributed by atoms with Gasteiger partial charge in [-0.1, -0.05) is 6.92 Å². The van der Waals surface area contributed by atoms with E-state index in [1.165, 1.54) is 6.07 Å². The summed E-state index contributed by atoms with van der Waals surface area (Å²) in [6.07, 6.45) is 1.74. The largest absolute Gasteiger partial charge is 0.349 e. The van der Waals surface area contributed by atoms with Crippen molar-refractivity contribution in [3.05, 3.63) is 29.1 Å². The molecule has 2 amide bonds. The first kappa shape index (κ1) is 17.7. The van der Waals surface area contributed by atoms with Crippen LogP contribution in [0.4, 0.5) is 10.1 Å². The molecule has 0 aliphatic carbocycles. The minimum atomic E-state index is -0.597. The third kappa shape index (κ3) is 3.82. The van der Waals surface area contributed by atoms with Crippen LogP contribution in [0.5, 0.6) is 0 Å². The molecular weight excluding hydrogens is 321 g/mol. The molecule has 2 unspecified atom stereocenters. The number of halogens is 2.